The van der Waals surface area contributed by atoms with Crippen molar-refractivity contribution in [1.29, 1.82) is 0 Å². The summed E-state index contributed by atoms with van der Waals surface area (Å²) in [6.45, 7) is 5.68. The summed E-state index contributed by atoms with van der Waals surface area (Å²) in [5.74, 6) is 0.0121. The SMILES string of the molecule is CC(C)(C)C(=O)Nc1ccc(-c2ccccn2)cc1. The highest BCUT2D eigenvalue weighted by molar-refractivity contribution is 5.94. The van der Waals surface area contributed by atoms with Crippen molar-refractivity contribution in [2.24, 2.45) is 5.41 Å². The molecule has 0 saturated heterocycles. The lowest BCUT2D eigenvalue weighted by atomic mass is 9.95. The fourth-order valence-corrected chi connectivity index (χ4v) is 1.58. The molecule has 3 heteroatoms. The van der Waals surface area contributed by atoms with Crippen LogP contribution in [0.5, 0.6) is 0 Å². The van der Waals surface area contributed by atoms with Gasteiger partial charge in [0.15, 0.2) is 0 Å². The monoisotopic (exact) mass is 254 g/mol. The van der Waals surface area contributed by atoms with E-state index in [9.17, 15) is 4.79 Å². The van der Waals surface area contributed by atoms with Crippen molar-refractivity contribution in [2.75, 3.05) is 5.32 Å². The Labute approximate surface area is 113 Å². The zero-order chi connectivity index (χ0) is 13.9. The van der Waals surface area contributed by atoms with Gasteiger partial charge in [0.1, 0.15) is 0 Å². The quantitative estimate of drug-likeness (QED) is 0.887. The molecule has 0 bridgehead atoms. The minimum absolute atomic E-state index is 0.0121. The number of benzene rings is 1. The van der Waals surface area contributed by atoms with Gasteiger partial charge in [-0.2, -0.15) is 0 Å². The smallest absolute Gasteiger partial charge is 0.229 e. The van der Waals surface area contributed by atoms with Crippen molar-refractivity contribution < 1.29 is 4.79 Å². The number of carbonyl (C=O) groups excluding carboxylic acids is 1. The van der Waals surface area contributed by atoms with Crippen molar-refractivity contribution in [1.82, 2.24) is 4.98 Å². The zero-order valence-electron chi connectivity index (χ0n) is 11.5. The highest BCUT2D eigenvalue weighted by Gasteiger charge is 2.20. The van der Waals surface area contributed by atoms with Gasteiger partial charge in [-0.15, -0.1) is 0 Å². The van der Waals surface area contributed by atoms with Crippen LogP contribution >= 0.6 is 0 Å². The lowest BCUT2D eigenvalue weighted by Gasteiger charge is -2.17. The zero-order valence-corrected chi connectivity index (χ0v) is 11.5. The minimum atomic E-state index is -0.389. The molecular formula is C16H18N2O. The Morgan fingerprint density at radius 1 is 1.05 bits per heavy atom. The molecule has 0 spiro atoms. The number of hydrogen-bond acceptors (Lipinski definition) is 2. The number of carbonyl (C=O) groups is 1. The standard InChI is InChI=1S/C16H18N2O/c1-16(2,3)15(19)18-13-9-7-12(8-10-13)14-6-4-5-11-17-14/h4-11H,1-3H3,(H,18,19). The second-order valence-corrected chi connectivity index (χ2v) is 5.50. The molecule has 19 heavy (non-hydrogen) atoms. The van der Waals surface area contributed by atoms with E-state index in [0.29, 0.717) is 0 Å². The first-order chi connectivity index (χ1) is 8.97. The van der Waals surface area contributed by atoms with Crippen molar-refractivity contribution in [2.45, 2.75) is 20.8 Å². The maximum atomic E-state index is 11.9. The van der Waals surface area contributed by atoms with Crippen LogP contribution in [0.25, 0.3) is 11.3 Å². The molecular weight excluding hydrogens is 236 g/mol. The first-order valence-electron chi connectivity index (χ1n) is 6.30. The molecule has 2 rings (SSSR count). The molecule has 0 saturated carbocycles. The fraction of sp³-hybridized carbons (Fsp3) is 0.250. The van der Waals surface area contributed by atoms with Crippen LogP contribution in [-0.2, 0) is 4.79 Å². The van der Waals surface area contributed by atoms with E-state index in [0.717, 1.165) is 16.9 Å². The third kappa shape index (κ3) is 3.41. The highest BCUT2D eigenvalue weighted by atomic mass is 16.2. The Kier molecular flexibility index (Phi) is 3.65. The number of nitrogens with zero attached hydrogens (tertiary/aromatic N) is 1. The van der Waals surface area contributed by atoms with Crippen LogP contribution in [0.4, 0.5) is 5.69 Å². The molecule has 1 aromatic heterocycles. The summed E-state index contributed by atoms with van der Waals surface area (Å²) in [6, 6.07) is 13.5. The summed E-state index contributed by atoms with van der Waals surface area (Å²) >= 11 is 0. The summed E-state index contributed by atoms with van der Waals surface area (Å²) < 4.78 is 0. The summed E-state index contributed by atoms with van der Waals surface area (Å²) in [4.78, 5) is 16.2. The molecule has 3 nitrogen and oxygen atoms in total. The minimum Gasteiger partial charge on any atom is -0.326 e. The summed E-state index contributed by atoms with van der Waals surface area (Å²) in [5, 5.41) is 2.90. The Hall–Kier alpha value is -2.16. The van der Waals surface area contributed by atoms with Crippen molar-refractivity contribution in [3.05, 3.63) is 48.7 Å². The van der Waals surface area contributed by atoms with Gasteiger partial charge in [-0.3, -0.25) is 9.78 Å². The molecule has 0 aliphatic rings. The van der Waals surface area contributed by atoms with Gasteiger partial charge in [-0.05, 0) is 24.3 Å². The van der Waals surface area contributed by atoms with Gasteiger partial charge in [0, 0.05) is 22.9 Å². The normalized spacial score (nSPS) is 11.1. The third-order valence-electron chi connectivity index (χ3n) is 2.78. The number of anilines is 1. The van der Waals surface area contributed by atoms with Crippen molar-refractivity contribution >= 4 is 11.6 Å². The molecule has 0 fully saturated rings. The second kappa shape index (κ2) is 5.22. The fourth-order valence-electron chi connectivity index (χ4n) is 1.58. The average Bonchev–Trinajstić information content (AvgIpc) is 2.39. The van der Waals surface area contributed by atoms with E-state index in [1.807, 2.05) is 63.2 Å². The van der Waals surface area contributed by atoms with E-state index in [-0.39, 0.29) is 11.3 Å². The van der Waals surface area contributed by atoms with E-state index in [2.05, 4.69) is 10.3 Å². The number of aromatic nitrogens is 1. The first-order valence-corrected chi connectivity index (χ1v) is 6.30. The number of hydrogen-bond donors (Lipinski definition) is 1. The van der Waals surface area contributed by atoms with Gasteiger partial charge in [0.05, 0.1) is 5.69 Å². The van der Waals surface area contributed by atoms with E-state index in [4.69, 9.17) is 0 Å². The summed E-state index contributed by atoms with van der Waals surface area (Å²) in [5.41, 5.74) is 2.38. The van der Waals surface area contributed by atoms with E-state index in [1.165, 1.54) is 0 Å². The van der Waals surface area contributed by atoms with Crippen LogP contribution in [0.2, 0.25) is 0 Å². The topological polar surface area (TPSA) is 42.0 Å². The number of pyridine rings is 1. The molecule has 1 N–H and O–H groups in total. The lowest BCUT2D eigenvalue weighted by Crippen LogP contribution is -2.27. The summed E-state index contributed by atoms with van der Waals surface area (Å²) in [6.07, 6.45) is 1.77. The van der Waals surface area contributed by atoms with Crippen LogP contribution in [0.1, 0.15) is 20.8 Å². The van der Waals surface area contributed by atoms with Crippen LogP contribution in [0, 0.1) is 5.41 Å². The van der Waals surface area contributed by atoms with Gasteiger partial charge in [0.25, 0.3) is 0 Å². The predicted octanol–water partition coefficient (Wildman–Crippen LogP) is 3.73. The van der Waals surface area contributed by atoms with Crippen LogP contribution in [0.3, 0.4) is 0 Å². The molecule has 1 heterocycles. The van der Waals surface area contributed by atoms with Crippen molar-refractivity contribution in [3.8, 4) is 11.3 Å². The number of amides is 1. The first kappa shape index (κ1) is 13.3. The maximum Gasteiger partial charge on any atom is 0.229 e. The van der Waals surface area contributed by atoms with Gasteiger partial charge in [-0.25, -0.2) is 0 Å². The lowest BCUT2D eigenvalue weighted by molar-refractivity contribution is -0.123. The Bertz CT molecular complexity index is 554. The number of rotatable bonds is 2. The Morgan fingerprint density at radius 3 is 2.26 bits per heavy atom. The molecule has 0 unspecified atom stereocenters. The van der Waals surface area contributed by atoms with Crippen LogP contribution < -0.4 is 5.32 Å². The average molecular weight is 254 g/mol. The Balaban J connectivity index is 2.14. The molecule has 0 atom stereocenters. The molecule has 0 aliphatic carbocycles. The maximum absolute atomic E-state index is 11.9. The molecule has 0 aliphatic heterocycles. The predicted molar refractivity (Wildman–Crippen MR) is 77.8 cm³/mol. The number of nitrogens with one attached hydrogen (secondary N) is 1. The van der Waals surface area contributed by atoms with Crippen molar-refractivity contribution in [3.63, 3.8) is 0 Å². The summed E-state index contributed by atoms with van der Waals surface area (Å²) in [7, 11) is 0. The van der Waals surface area contributed by atoms with Gasteiger partial charge >= 0.3 is 0 Å². The highest BCUT2D eigenvalue weighted by Crippen LogP contribution is 2.21. The molecule has 2 aromatic rings. The van der Waals surface area contributed by atoms with E-state index < -0.39 is 0 Å². The Morgan fingerprint density at radius 2 is 1.74 bits per heavy atom. The van der Waals surface area contributed by atoms with Crippen LogP contribution in [0.15, 0.2) is 48.7 Å². The molecule has 0 radical (unpaired) electrons. The molecule has 98 valence electrons. The van der Waals surface area contributed by atoms with Gasteiger partial charge in [0.2, 0.25) is 5.91 Å². The largest absolute Gasteiger partial charge is 0.326 e. The van der Waals surface area contributed by atoms with E-state index in [1.54, 1.807) is 6.20 Å². The van der Waals surface area contributed by atoms with Crippen LogP contribution in [-0.4, -0.2) is 10.9 Å². The molecule has 1 amide bonds. The molecule has 1 aromatic carbocycles. The van der Waals surface area contributed by atoms with E-state index >= 15 is 0 Å². The third-order valence-corrected chi connectivity index (χ3v) is 2.78. The van der Waals surface area contributed by atoms with Gasteiger partial charge in [-0.1, -0.05) is 39.0 Å². The second-order valence-electron chi connectivity index (χ2n) is 5.50. The van der Waals surface area contributed by atoms with Gasteiger partial charge < -0.3 is 5.32 Å².